The van der Waals surface area contributed by atoms with Gasteiger partial charge in [0.2, 0.25) is 5.88 Å². The van der Waals surface area contributed by atoms with E-state index in [0.29, 0.717) is 12.2 Å². The number of benzene rings is 1. The Morgan fingerprint density at radius 3 is 2.61 bits per heavy atom. The van der Waals surface area contributed by atoms with Gasteiger partial charge >= 0.3 is 0 Å². The first-order valence-electron chi connectivity index (χ1n) is 6.18. The number of aromatic nitrogens is 1. The summed E-state index contributed by atoms with van der Waals surface area (Å²) in [7, 11) is 0. The average Bonchev–Trinajstić information content (AvgIpc) is 2.66. The third kappa shape index (κ3) is 1.70. The van der Waals surface area contributed by atoms with Crippen LogP contribution in [0.2, 0.25) is 0 Å². The van der Waals surface area contributed by atoms with E-state index in [2.05, 4.69) is 5.32 Å². The number of fused-ring (bicyclic) bond motifs is 1. The molecule has 1 aromatic heterocycles. The van der Waals surface area contributed by atoms with Gasteiger partial charge in [-0.1, -0.05) is 30.3 Å². The smallest absolute Gasteiger partial charge is 0.218 e. The molecule has 3 N–H and O–H groups in total. The van der Waals surface area contributed by atoms with Gasteiger partial charge in [-0.15, -0.1) is 0 Å². The highest BCUT2D eigenvalue weighted by Crippen LogP contribution is 2.41. The minimum absolute atomic E-state index is 0.131. The zero-order chi connectivity index (χ0) is 12.5. The van der Waals surface area contributed by atoms with Gasteiger partial charge in [-0.3, -0.25) is 4.57 Å². The highest BCUT2D eigenvalue weighted by molar-refractivity contribution is 5.66. The van der Waals surface area contributed by atoms with Crippen LogP contribution < -0.4 is 5.32 Å². The quantitative estimate of drug-likeness (QED) is 0.759. The van der Waals surface area contributed by atoms with E-state index < -0.39 is 0 Å². The molecule has 1 aliphatic rings. The average molecular weight is 244 g/mol. The van der Waals surface area contributed by atoms with Gasteiger partial charge in [-0.25, -0.2) is 0 Å². The van der Waals surface area contributed by atoms with Crippen LogP contribution in [0.3, 0.4) is 0 Å². The number of hydrogen-bond acceptors (Lipinski definition) is 3. The van der Waals surface area contributed by atoms with Gasteiger partial charge in [0.25, 0.3) is 0 Å². The topological polar surface area (TPSA) is 57.4 Å². The summed E-state index contributed by atoms with van der Waals surface area (Å²) in [5.41, 5.74) is 2.57. The Labute approximate surface area is 105 Å². The predicted octanol–water partition coefficient (Wildman–Crippen LogP) is 2.31. The fraction of sp³-hybridized carbons (Fsp3) is 0.286. The number of nitrogens with one attached hydrogen (secondary N) is 1. The van der Waals surface area contributed by atoms with Crippen molar-refractivity contribution in [3.8, 4) is 11.8 Å². The fourth-order valence-corrected chi connectivity index (χ4v) is 2.46. The van der Waals surface area contributed by atoms with Gasteiger partial charge in [0.05, 0.1) is 6.54 Å². The molecule has 0 bridgehead atoms. The molecule has 0 spiro atoms. The molecule has 1 aromatic carbocycles. The Kier molecular flexibility index (Phi) is 2.63. The summed E-state index contributed by atoms with van der Waals surface area (Å²) >= 11 is 0. The number of anilines is 1. The molecule has 3 rings (SSSR count). The van der Waals surface area contributed by atoms with Crippen LogP contribution in [-0.4, -0.2) is 21.3 Å². The molecule has 4 heteroatoms. The lowest BCUT2D eigenvalue weighted by Gasteiger charge is -2.12. The van der Waals surface area contributed by atoms with E-state index in [0.717, 1.165) is 30.5 Å². The van der Waals surface area contributed by atoms with E-state index >= 15 is 0 Å². The first kappa shape index (κ1) is 11.0. The third-order valence-corrected chi connectivity index (χ3v) is 3.40. The van der Waals surface area contributed by atoms with Crippen LogP contribution >= 0.6 is 0 Å². The monoisotopic (exact) mass is 244 g/mol. The van der Waals surface area contributed by atoms with Crippen molar-refractivity contribution in [1.29, 1.82) is 0 Å². The number of aromatic hydroxyl groups is 2. The summed E-state index contributed by atoms with van der Waals surface area (Å²) in [5, 5.41) is 23.5. The maximum absolute atomic E-state index is 10.2. The summed E-state index contributed by atoms with van der Waals surface area (Å²) in [6.07, 6.45) is 1.79. The SMILES string of the molecule is Oc1c2c(c(O)n1Cc1ccccc1)NCCC2. The Bertz CT molecular complexity index is 531. The molecule has 1 aliphatic heterocycles. The van der Waals surface area contributed by atoms with E-state index in [1.54, 1.807) is 4.57 Å². The number of hydrogen-bond donors (Lipinski definition) is 3. The molecule has 0 radical (unpaired) electrons. The molecule has 0 saturated carbocycles. The van der Waals surface area contributed by atoms with Crippen molar-refractivity contribution in [2.75, 3.05) is 11.9 Å². The number of nitrogens with zero attached hydrogens (tertiary/aromatic N) is 1. The number of rotatable bonds is 2. The second-order valence-corrected chi connectivity index (χ2v) is 4.60. The van der Waals surface area contributed by atoms with Crippen molar-refractivity contribution >= 4 is 5.69 Å². The molecule has 2 aromatic rings. The van der Waals surface area contributed by atoms with Gasteiger partial charge in [-0.05, 0) is 18.4 Å². The van der Waals surface area contributed by atoms with Gasteiger partial charge in [0, 0.05) is 12.1 Å². The zero-order valence-corrected chi connectivity index (χ0v) is 10.1. The minimum Gasteiger partial charge on any atom is -0.494 e. The maximum atomic E-state index is 10.2. The Morgan fingerprint density at radius 2 is 1.89 bits per heavy atom. The first-order chi connectivity index (χ1) is 8.77. The van der Waals surface area contributed by atoms with E-state index in [9.17, 15) is 10.2 Å². The second kappa shape index (κ2) is 4.29. The largest absolute Gasteiger partial charge is 0.494 e. The predicted molar refractivity (Wildman–Crippen MR) is 70.1 cm³/mol. The minimum atomic E-state index is 0.131. The van der Waals surface area contributed by atoms with Crippen molar-refractivity contribution in [3.05, 3.63) is 41.5 Å². The third-order valence-electron chi connectivity index (χ3n) is 3.40. The highest BCUT2D eigenvalue weighted by Gasteiger charge is 2.24. The van der Waals surface area contributed by atoms with E-state index in [1.165, 1.54) is 0 Å². The summed E-state index contributed by atoms with van der Waals surface area (Å²) in [5.74, 6) is 0.310. The van der Waals surface area contributed by atoms with Gasteiger partial charge in [0.15, 0.2) is 5.88 Å². The first-order valence-corrected chi connectivity index (χ1v) is 6.18. The van der Waals surface area contributed by atoms with E-state index in [-0.39, 0.29) is 11.8 Å². The van der Waals surface area contributed by atoms with Crippen LogP contribution in [0, 0.1) is 0 Å². The lowest BCUT2D eigenvalue weighted by Crippen LogP contribution is -2.09. The molecular weight excluding hydrogens is 228 g/mol. The molecule has 0 amide bonds. The van der Waals surface area contributed by atoms with Crippen LogP contribution in [-0.2, 0) is 13.0 Å². The van der Waals surface area contributed by atoms with Crippen molar-refractivity contribution in [1.82, 2.24) is 4.57 Å². The Hall–Kier alpha value is -2.10. The molecular formula is C14H16N2O2. The van der Waals surface area contributed by atoms with Crippen LogP contribution in [0.25, 0.3) is 0 Å². The molecule has 0 unspecified atom stereocenters. The van der Waals surface area contributed by atoms with Crippen molar-refractivity contribution in [2.45, 2.75) is 19.4 Å². The van der Waals surface area contributed by atoms with Crippen LogP contribution in [0.1, 0.15) is 17.5 Å². The lowest BCUT2D eigenvalue weighted by molar-refractivity contribution is 0.376. The molecule has 18 heavy (non-hydrogen) atoms. The Morgan fingerprint density at radius 1 is 1.11 bits per heavy atom. The van der Waals surface area contributed by atoms with E-state index in [1.807, 2.05) is 30.3 Å². The highest BCUT2D eigenvalue weighted by atomic mass is 16.3. The van der Waals surface area contributed by atoms with Crippen LogP contribution in [0.15, 0.2) is 30.3 Å². The fourth-order valence-electron chi connectivity index (χ4n) is 2.46. The molecule has 0 fully saturated rings. The molecule has 0 atom stereocenters. The van der Waals surface area contributed by atoms with Gasteiger partial charge < -0.3 is 15.5 Å². The standard InChI is InChI=1S/C14H16N2O2/c17-13-11-7-4-8-15-12(11)14(18)16(13)9-10-5-2-1-3-6-10/h1-3,5-6,15,17-18H,4,7-9H2. The molecule has 2 heterocycles. The summed E-state index contributed by atoms with van der Waals surface area (Å²) in [4.78, 5) is 0. The van der Waals surface area contributed by atoms with Crippen LogP contribution in [0.4, 0.5) is 5.69 Å². The second-order valence-electron chi connectivity index (χ2n) is 4.60. The normalized spacial score (nSPS) is 14.0. The van der Waals surface area contributed by atoms with Crippen molar-refractivity contribution in [2.24, 2.45) is 0 Å². The summed E-state index contributed by atoms with van der Waals surface area (Å²) < 4.78 is 1.55. The zero-order valence-electron chi connectivity index (χ0n) is 10.1. The van der Waals surface area contributed by atoms with Gasteiger partial charge in [-0.2, -0.15) is 0 Å². The van der Waals surface area contributed by atoms with E-state index in [4.69, 9.17) is 0 Å². The summed E-state index contributed by atoms with van der Waals surface area (Å²) in [6, 6.07) is 9.80. The lowest BCUT2D eigenvalue weighted by atomic mass is 10.1. The molecule has 94 valence electrons. The van der Waals surface area contributed by atoms with Crippen molar-refractivity contribution in [3.63, 3.8) is 0 Å². The molecule has 0 aliphatic carbocycles. The van der Waals surface area contributed by atoms with Gasteiger partial charge in [0.1, 0.15) is 5.69 Å². The van der Waals surface area contributed by atoms with Crippen molar-refractivity contribution < 1.29 is 10.2 Å². The molecule has 4 nitrogen and oxygen atoms in total. The molecule has 0 saturated heterocycles. The Balaban J connectivity index is 2.00. The van der Waals surface area contributed by atoms with Crippen LogP contribution in [0.5, 0.6) is 11.8 Å². The summed E-state index contributed by atoms with van der Waals surface area (Å²) in [6.45, 7) is 1.32. The maximum Gasteiger partial charge on any atom is 0.218 e.